The van der Waals surface area contributed by atoms with Gasteiger partial charge >= 0.3 is 6.09 Å². The molecule has 5 nitrogen and oxygen atoms in total. The third-order valence-electron chi connectivity index (χ3n) is 4.50. The molecule has 0 radical (unpaired) electrons. The zero-order chi connectivity index (χ0) is 20.8. The number of benzene rings is 1. The van der Waals surface area contributed by atoms with Crippen LogP contribution in [0.1, 0.15) is 84.8 Å². The molecule has 1 fully saturated rings. The quantitative estimate of drug-likeness (QED) is 0.511. The average Bonchev–Trinajstić information content (AvgIpc) is 2.60. The molecule has 1 aliphatic rings. The number of alkyl carbamates (subject to hydrolysis) is 1. The van der Waals surface area contributed by atoms with E-state index in [0.29, 0.717) is 12.5 Å². The minimum absolute atomic E-state index is 0.308. The van der Waals surface area contributed by atoms with E-state index in [2.05, 4.69) is 22.6 Å². The molecular weight excluding hydrogens is 352 g/mol. The SMILES string of the molecule is CC(C)(C)O/N=C(\c1ccc(CNC(=O)OC(C)(C)C)cc1)C1CCCCC1. The summed E-state index contributed by atoms with van der Waals surface area (Å²) in [7, 11) is 0. The van der Waals surface area contributed by atoms with Crippen LogP contribution in [0.3, 0.4) is 0 Å². The maximum Gasteiger partial charge on any atom is 0.407 e. The fourth-order valence-corrected chi connectivity index (χ4v) is 3.21. The van der Waals surface area contributed by atoms with Crippen molar-refractivity contribution in [3.8, 4) is 0 Å². The van der Waals surface area contributed by atoms with Gasteiger partial charge in [0.15, 0.2) is 0 Å². The molecule has 156 valence electrons. The molecule has 1 aliphatic carbocycles. The maximum absolute atomic E-state index is 11.8. The second-order valence-corrected chi connectivity index (χ2v) is 9.57. The molecule has 0 unspecified atom stereocenters. The topological polar surface area (TPSA) is 59.9 Å². The lowest BCUT2D eigenvalue weighted by Crippen LogP contribution is -2.32. The first-order valence-corrected chi connectivity index (χ1v) is 10.4. The van der Waals surface area contributed by atoms with Crippen molar-refractivity contribution in [1.82, 2.24) is 5.32 Å². The van der Waals surface area contributed by atoms with E-state index < -0.39 is 11.7 Å². The van der Waals surface area contributed by atoms with Gasteiger partial charge in [-0.15, -0.1) is 0 Å². The van der Waals surface area contributed by atoms with Crippen molar-refractivity contribution in [3.05, 3.63) is 35.4 Å². The third kappa shape index (κ3) is 7.91. The first kappa shape index (κ1) is 22.3. The summed E-state index contributed by atoms with van der Waals surface area (Å²) in [6, 6.07) is 8.21. The number of ether oxygens (including phenoxy) is 1. The molecule has 0 bridgehead atoms. The fourth-order valence-electron chi connectivity index (χ4n) is 3.21. The van der Waals surface area contributed by atoms with Gasteiger partial charge in [0.1, 0.15) is 11.2 Å². The Bertz CT molecular complexity index is 661. The number of nitrogens with zero attached hydrogens (tertiary/aromatic N) is 1. The average molecular weight is 389 g/mol. The zero-order valence-corrected chi connectivity index (χ0v) is 18.3. The number of carbonyl (C=O) groups is 1. The highest BCUT2D eigenvalue weighted by Crippen LogP contribution is 2.28. The van der Waals surface area contributed by atoms with Gasteiger partial charge in [-0.25, -0.2) is 4.79 Å². The number of hydrogen-bond donors (Lipinski definition) is 1. The summed E-state index contributed by atoms with van der Waals surface area (Å²) in [6.07, 6.45) is 5.72. The summed E-state index contributed by atoms with van der Waals surface area (Å²) in [5.41, 5.74) is 2.36. The Labute approximate surface area is 169 Å². The Morgan fingerprint density at radius 1 is 1.00 bits per heavy atom. The van der Waals surface area contributed by atoms with Crippen LogP contribution in [0.15, 0.2) is 29.4 Å². The molecule has 1 aromatic carbocycles. The first-order valence-electron chi connectivity index (χ1n) is 10.4. The van der Waals surface area contributed by atoms with Crippen molar-refractivity contribution >= 4 is 11.8 Å². The van der Waals surface area contributed by atoms with Crippen LogP contribution in [0.5, 0.6) is 0 Å². The molecule has 0 saturated heterocycles. The molecule has 1 N–H and O–H groups in total. The molecule has 1 saturated carbocycles. The third-order valence-corrected chi connectivity index (χ3v) is 4.50. The Kier molecular flexibility index (Phi) is 7.50. The van der Waals surface area contributed by atoms with E-state index in [1.165, 1.54) is 19.3 Å². The molecule has 0 spiro atoms. The van der Waals surface area contributed by atoms with Gasteiger partial charge in [0.05, 0.1) is 5.71 Å². The molecule has 2 rings (SSSR count). The Balaban J connectivity index is 2.07. The molecule has 28 heavy (non-hydrogen) atoms. The maximum atomic E-state index is 11.8. The fraction of sp³-hybridized carbons (Fsp3) is 0.652. The van der Waals surface area contributed by atoms with Crippen molar-refractivity contribution in [1.29, 1.82) is 0 Å². The Hall–Kier alpha value is -2.04. The van der Waals surface area contributed by atoms with Gasteiger partial charge in [-0.05, 0) is 65.5 Å². The summed E-state index contributed by atoms with van der Waals surface area (Å²) in [6.45, 7) is 12.0. The van der Waals surface area contributed by atoms with Gasteiger partial charge in [-0.2, -0.15) is 0 Å². The van der Waals surface area contributed by atoms with E-state index in [-0.39, 0.29) is 5.60 Å². The molecule has 1 amide bonds. The monoisotopic (exact) mass is 388 g/mol. The molecule has 0 heterocycles. The van der Waals surface area contributed by atoms with Crippen LogP contribution in [0.25, 0.3) is 0 Å². The van der Waals surface area contributed by atoms with Gasteiger partial charge in [-0.3, -0.25) is 0 Å². The minimum Gasteiger partial charge on any atom is -0.444 e. The minimum atomic E-state index is -0.494. The molecular formula is C23H36N2O3. The lowest BCUT2D eigenvalue weighted by Gasteiger charge is -2.25. The highest BCUT2D eigenvalue weighted by Gasteiger charge is 2.23. The summed E-state index contributed by atoms with van der Waals surface area (Å²) < 4.78 is 5.28. The summed E-state index contributed by atoms with van der Waals surface area (Å²) in [5.74, 6) is 0.446. The molecule has 5 heteroatoms. The Morgan fingerprint density at radius 3 is 2.14 bits per heavy atom. The smallest absolute Gasteiger partial charge is 0.407 e. The van der Waals surface area contributed by atoms with E-state index in [0.717, 1.165) is 29.7 Å². The summed E-state index contributed by atoms with van der Waals surface area (Å²) >= 11 is 0. The van der Waals surface area contributed by atoms with Crippen LogP contribution in [0.2, 0.25) is 0 Å². The van der Waals surface area contributed by atoms with Crippen molar-refractivity contribution in [2.75, 3.05) is 0 Å². The van der Waals surface area contributed by atoms with Gasteiger partial charge < -0.3 is 14.9 Å². The van der Waals surface area contributed by atoms with Crippen LogP contribution in [0.4, 0.5) is 4.79 Å². The van der Waals surface area contributed by atoms with E-state index in [1.54, 1.807) is 0 Å². The molecule has 0 aromatic heterocycles. The van der Waals surface area contributed by atoms with E-state index >= 15 is 0 Å². The number of hydrogen-bond acceptors (Lipinski definition) is 4. The van der Waals surface area contributed by atoms with Gasteiger partial charge in [-0.1, -0.05) is 48.7 Å². The second kappa shape index (κ2) is 9.44. The van der Waals surface area contributed by atoms with Crippen LogP contribution in [-0.2, 0) is 16.1 Å². The van der Waals surface area contributed by atoms with Crippen molar-refractivity contribution < 1.29 is 14.4 Å². The van der Waals surface area contributed by atoms with Gasteiger partial charge in [0, 0.05) is 12.5 Å². The lowest BCUT2D eigenvalue weighted by molar-refractivity contribution is -0.00000479. The predicted molar refractivity (Wildman–Crippen MR) is 113 cm³/mol. The molecule has 1 aromatic rings. The molecule has 0 atom stereocenters. The van der Waals surface area contributed by atoms with Crippen molar-refractivity contribution in [2.24, 2.45) is 11.1 Å². The van der Waals surface area contributed by atoms with Gasteiger partial charge in [0.2, 0.25) is 0 Å². The summed E-state index contributed by atoms with van der Waals surface area (Å²) in [4.78, 5) is 17.6. The first-order chi connectivity index (χ1) is 13.0. The normalized spacial score (nSPS) is 16.6. The zero-order valence-electron chi connectivity index (χ0n) is 18.3. The van der Waals surface area contributed by atoms with Crippen molar-refractivity contribution in [3.63, 3.8) is 0 Å². The number of rotatable bonds is 5. The second-order valence-electron chi connectivity index (χ2n) is 9.57. The van der Waals surface area contributed by atoms with Crippen LogP contribution in [-0.4, -0.2) is 23.0 Å². The molecule has 0 aliphatic heterocycles. The number of oxime groups is 1. The van der Waals surface area contributed by atoms with Crippen LogP contribution >= 0.6 is 0 Å². The van der Waals surface area contributed by atoms with Crippen molar-refractivity contribution in [2.45, 2.75) is 91.4 Å². The summed E-state index contributed by atoms with van der Waals surface area (Å²) in [5, 5.41) is 7.36. The van der Waals surface area contributed by atoms with Crippen LogP contribution in [0, 0.1) is 5.92 Å². The lowest BCUT2D eigenvalue weighted by atomic mass is 9.83. The van der Waals surface area contributed by atoms with Gasteiger partial charge in [0.25, 0.3) is 0 Å². The predicted octanol–water partition coefficient (Wildman–Crippen LogP) is 5.81. The standard InChI is InChI=1S/C23H36N2O3/c1-22(2,3)27-21(26)24-16-17-12-14-19(15-13-17)20(25-28-23(4,5)6)18-10-8-7-9-11-18/h12-15,18H,7-11,16H2,1-6H3,(H,24,26)/b25-20-. The van der Waals surface area contributed by atoms with E-state index in [1.807, 2.05) is 53.7 Å². The van der Waals surface area contributed by atoms with E-state index in [4.69, 9.17) is 9.57 Å². The number of nitrogens with one attached hydrogen (secondary N) is 1. The number of carbonyl (C=O) groups excluding carboxylic acids is 1. The van der Waals surface area contributed by atoms with Crippen LogP contribution < -0.4 is 5.32 Å². The van der Waals surface area contributed by atoms with E-state index in [9.17, 15) is 4.79 Å². The highest BCUT2D eigenvalue weighted by molar-refractivity contribution is 6.02. The number of amides is 1. The largest absolute Gasteiger partial charge is 0.444 e. The highest BCUT2D eigenvalue weighted by atomic mass is 16.6. The Morgan fingerprint density at radius 2 is 1.61 bits per heavy atom.